The second kappa shape index (κ2) is 6.93. The molecule has 0 bridgehead atoms. The first kappa shape index (κ1) is 15.8. The number of thioether (sulfide) groups is 1. The number of furan rings is 1. The monoisotopic (exact) mass is 319 g/mol. The number of hydrogen-bond acceptors (Lipinski definition) is 4. The van der Waals surface area contributed by atoms with Gasteiger partial charge in [-0.1, -0.05) is 11.8 Å². The maximum absolute atomic E-state index is 12.3. The Kier molecular flexibility index (Phi) is 5.22. The van der Waals surface area contributed by atoms with Crippen molar-refractivity contribution in [1.29, 1.82) is 0 Å². The average Bonchev–Trinajstić information content (AvgIpc) is 3.14. The summed E-state index contributed by atoms with van der Waals surface area (Å²) >= 11 is 0.421. The van der Waals surface area contributed by atoms with Gasteiger partial charge in [0.1, 0.15) is 5.76 Å². The van der Waals surface area contributed by atoms with Gasteiger partial charge in [0.15, 0.2) is 5.76 Å². The molecule has 1 aliphatic carbocycles. The molecule has 1 aromatic rings. The van der Waals surface area contributed by atoms with E-state index in [9.17, 15) is 18.4 Å². The molecule has 1 N–H and O–H groups in total. The first-order valence-corrected chi connectivity index (χ1v) is 7.53. The van der Waals surface area contributed by atoms with Crippen LogP contribution in [0.4, 0.5) is 8.78 Å². The number of carboxylic acid groups (broad SMARTS) is 1. The van der Waals surface area contributed by atoms with Crippen LogP contribution in [0.25, 0.3) is 0 Å². The Morgan fingerprint density at radius 3 is 2.71 bits per heavy atom. The van der Waals surface area contributed by atoms with E-state index in [-0.39, 0.29) is 36.4 Å². The summed E-state index contributed by atoms with van der Waals surface area (Å²) < 4.78 is 29.5. The Labute approximate surface area is 124 Å². The number of amides is 1. The standard InChI is InChI=1S/C13H15F2NO4S/c14-13(15)21-7-9-3-4-10(20-9)12(19)16(8-1-2-8)6-5-11(17)18/h3-4,8,13H,1-2,5-7H2,(H,17,18). The van der Waals surface area contributed by atoms with Gasteiger partial charge >= 0.3 is 5.97 Å². The Morgan fingerprint density at radius 1 is 1.43 bits per heavy atom. The van der Waals surface area contributed by atoms with Crippen molar-refractivity contribution in [3.63, 3.8) is 0 Å². The van der Waals surface area contributed by atoms with Gasteiger partial charge in [-0.15, -0.1) is 0 Å². The van der Waals surface area contributed by atoms with Gasteiger partial charge in [-0.2, -0.15) is 8.78 Å². The summed E-state index contributed by atoms with van der Waals surface area (Å²) in [4.78, 5) is 24.4. The Balaban J connectivity index is 1.98. The van der Waals surface area contributed by atoms with E-state index in [0.29, 0.717) is 17.5 Å². The first-order valence-electron chi connectivity index (χ1n) is 6.48. The van der Waals surface area contributed by atoms with Crippen molar-refractivity contribution in [2.75, 3.05) is 6.54 Å². The molecule has 0 aliphatic heterocycles. The number of nitrogens with zero attached hydrogens (tertiary/aromatic N) is 1. The molecule has 0 spiro atoms. The third-order valence-corrected chi connectivity index (χ3v) is 3.74. The third kappa shape index (κ3) is 4.73. The highest BCUT2D eigenvalue weighted by molar-refractivity contribution is 7.98. The van der Waals surface area contributed by atoms with Gasteiger partial charge in [-0.05, 0) is 25.0 Å². The van der Waals surface area contributed by atoms with Crippen LogP contribution in [-0.4, -0.2) is 40.2 Å². The van der Waals surface area contributed by atoms with Crippen LogP contribution in [0.1, 0.15) is 35.6 Å². The van der Waals surface area contributed by atoms with E-state index in [1.54, 1.807) is 0 Å². The lowest BCUT2D eigenvalue weighted by Gasteiger charge is -2.20. The molecule has 1 saturated carbocycles. The molecule has 0 saturated heterocycles. The lowest BCUT2D eigenvalue weighted by atomic mass is 10.3. The van der Waals surface area contributed by atoms with E-state index in [2.05, 4.69) is 0 Å². The van der Waals surface area contributed by atoms with Crippen LogP contribution in [0.3, 0.4) is 0 Å². The van der Waals surface area contributed by atoms with Crippen LogP contribution in [0, 0.1) is 0 Å². The van der Waals surface area contributed by atoms with Crippen molar-refractivity contribution in [2.45, 2.75) is 36.8 Å². The largest absolute Gasteiger partial charge is 0.481 e. The van der Waals surface area contributed by atoms with E-state index >= 15 is 0 Å². The number of rotatable bonds is 8. The molecule has 1 aliphatic rings. The molecule has 1 amide bonds. The van der Waals surface area contributed by atoms with Crippen molar-refractivity contribution in [3.8, 4) is 0 Å². The quantitative estimate of drug-likeness (QED) is 0.798. The minimum atomic E-state index is -2.49. The van der Waals surface area contributed by atoms with Gasteiger partial charge in [-0.25, -0.2) is 0 Å². The lowest BCUT2D eigenvalue weighted by Crippen LogP contribution is -2.34. The Bertz CT molecular complexity index is 516. The maximum atomic E-state index is 12.3. The van der Waals surface area contributed by atoms with Gasteiger partial charge in [0.05, 0.1) is 12.2 Å². The zero-order chi connectivity index (χ0) is 15.4. The van der Waals surface area contributed by atoms with Crippen molar-refractivity contribution in [3.05, 3.63) is 23.7 Å². The number of halogens is 2. The zero-order valence-corrected chi connectivity index (χ0v) is 11.9. The molecule has 2 rings (SSSR count). The number of carbonyl (C=O) groups is 2. The predicted molar refractivity (Wildman–Crippen MR) is 72.3 cm³/mol. The molecule has 0 radical (unpaired) electrons. The minimum Gasteiger partial charge on any atom is -0.481 e. The fourth-order valence-electron chi connectivity index (χ4n) is 1.91. The van der Waals surface area contributed by atoms with Gasteiger partial charge < -0.3 is 14.4 Å². The first-order chi connectivity index (χ1) is 9.97. The Morgan fingerprint density at radius 2 is 2.14 bits per heavy atom. The molecule has 116 valence electrons. The number of aliphatic carboxylic acids is 1. The molecular formula is C13H15F2NO4S. The van der Waals surface area contributed by atoms with Gasteiger partial charge in [-0.3, -0.25) is 9.59 Å². The topological polar surface area (TPSA) is 70.8 Å². The average molecular weight is 319 g/mol. The molecule has 0 aromatic carbocycles. The van der Waals surface area contributed by atoms with E-state index in [1.165, 1.54) is 17.0 Å². The van der Waals surface area contributed by atoms with Crippen LogP contribution in [0.2, 0.25) is 0 Å². The molecule has 1 heterocycles. The summed E-state index contributed by atoms with van der Waals surface area (Å²) in [6, 6.07) is 2.99. The fourth-order valence-corrected chi connectivity index (χ4v) is 2.35. The highest BCUT2D eigenvalue weighted by Gasteiger charge is 2.34. The smallest absolute Gasteiger partial charge is 0.305 e. The summed E-state index contributed by atoms with van der Waals surface area (Å²) in [5.74, 6) is -3.49. The molecule has 0 atom stereocenters. The van der Waals surface area contributed by atoms with E-state index < -0.39 is 11.7 Å². The van der Waals surface area contributed by atoms with Crippen molar-refractivity contribution in [2.24, 2.45) is 0 Å². The summed E-state index contributed by atoms with van der Waals surface area (Å²) in [6.07, 6.45) is 1.57. The molecule has 0 unspecified atom stereocenters. The normalized spacial score (nSPS) is 14.4. The van der Waals surface area contributed by atoms with E-state index in [0.717, 1.165) is 12.8 Å². The predicted octanol–water partition coefficient (Wildman–Crippen LogP) is 2.81. The van der Waals surface area contributed by atoms with Crippen molar-refractivity contribution < 1.29 is 27.9 Å². The summed E-state index contributed by atoms with van der Waals surface area (Å²) in [5.41, 5.74) is 0. The summed E-state index contributed by atoms with van der Waals surface area (Å²) in [5, 5.41) is 8.71. The summed E-state index contributed by atoms with van der Waals surface area (Å²) in [7, 11) is 0. The lowest BCUT2D eigenvalue weighted by molar-refractivity contribution is -0.137. The number of alkyl halides is 2. The number of carboxylic acids is 1. The molecule has 1 aromatic heterocycles. The van der Waals surface area contributed by atoms with Gasteiger partial charge in [0, 0.05) is 12.6 Å². The zero-order valence-electron chi connectivity index (χ0n) is 11.1. The van der Waals surface area contributed by atoms with Crippen LogP contribution >= 0.6 is 11.8 Å². The highest BCUT2D eigenvalue weighted by Crippen LogP contribution is 2.29. The second-order valence-electron chi connectivity index (χ2n) is 4.71. The minimum absolute atomic E-state index is 0.0104. The highest BCUT2D eigenvalue weighted by atomic mass is 32.2. The van der Waals surface area contributed by atoms with Crippen LogP contribution in [0.5, 0.6) is 0 Å². The van der Waals surface area contributed by atoms with Gasteiger partial charge in [0.25, 0.3) is 11.7 Å². The third-order valence-electron chi connectivity index (χ3n) is 3.04. The SMILES string of the molecule is O=C(O)CCN(C(=O)c1ccc(CSC(F)F)o1)C1CC1. The molecule has 8 heteroatoms. The Hall–Kier alpha value is -1.57. The molecule has 1 fully saturated rings. The van der Waals surface area contributed by atoms with E-state index in [1.807, 2.05) is 0 Å². The second-order valence-corrected chi connectivity index (χ2v) is 5.69. The summed E-state index contributed by atoms with van der Waals surface area (Å²) in [6.45, 7) is 0.126. The fraction of sp³-hybridized carbons (Fsp3) is 0.538. The molecule has 21 heavy (non-hydrogen) atoms. The number of hydrogen-bond donors (Lipinski definition) is 1. The van der Waals surface area contributed by atoms with Crippen LogP contribution in [0.15, 0.2) is 16.5 Å². The van der Waals surface area contributed by atoms with E-state index in [4.69, 9.17) is 9.52 Å². The van der Waals surface area contributed by atoms with Crippen molar-refractivity contribution >= 4 is 23.6 Å². The van der Waals surface area contributed by atoms with Crippen molar-refractivity contribution in [1.82, 2.24) is 4.90 Å². The number of carbonyl (C=O) groups excluding carboxylic acids is 1. The maximum Gasteiger partial charge on any atom is 0.305 e. The molecular weight excluding hydrogens is 304 g/mol. The van der Waals surface area contributed by atoms with Crippen LogP contribution in [-0.2, 0) is 10.5 Å². The van der Waals surface area contributed by atoms with Crippen LogP contribution < -0.4 is 0 Å². The van der Waals surface area contributed by atoms with Gasteiger partial charge in [0.2, 0.25) is 0 Å². The molecule has 5 nitrogen and oxygen atoms in total.